The summed E-state index contributed by atoms with van der Waals surface area (Å²) in [6.45, 7) is 0. The van der Waals surface area contributed by atoms with E-state index in [1.807, 2.05) is 42.5 Å². The number of benzene rings is 3. The smallest absolute Gasteiger partial charge is 0.339 e. The number of methoxy groups -OCH3 is 1. The van der Waals surface area contributed by atoms with Crippen molar-refractivity contribution in [2.75, 3.05) is 12.4 Å². The van der Waals surface area contributed by atoms with Gasteiger partial charge in [-0.3, -0.25) is 4.79 Å². The highest BCUT2D eigenvalue weighted by molar-refractivity contribution is 6.07. The summed E-state index contributed by atoms with van der Waals surface area (Å²) in [6, 6.07) is 20.6. The van der Waals surface area contributed by atoms with Crippen LogP contribution in [0.4, 0.5) is 5.69 Å². The average molecular weight is 331 g/mol. The monoisotopic (exact) mass is 331 g/mol. The summed E-state index contributed by atoms with van der Waals surface area (Å²) >= 11 is 0. The van der Waals surface area contributed by atoms with E-state index >= 15 is 0 Å². The first kappa shape index (κ1) is 16.5. The third kappa shape index (κ3) is 3.75. The zero-order chi connectivity index (χ0) is 17.6. The number of para-hydroxylation sites is 1. The van der Waals surface area contributed by atoms with Crippen LogP contribution in [-0.2, 0) is 9.53 Å². The molecule has 25 heavy (non-hydrogen) atoms. The highest BCUT2D eigenvalue weighted by atomic mass is 16.5. The number of esters is 1. The first-order chi connectivity index (χ1) is 12.2. The summed E-state index contributed by atoms with van der Waals surface area (Å²) in [4.78, 5) is 24.0. The molecule has 0 radical (unpaired) electrons. The minimum absolute atomic E-state index is 0.315. The first-order valence-electron chi connectivity index (χ1n) is 7.83. The number of rotatable bonds is 4. The summed E-state index contributed by atoms with van der Waals surface area (Å²) in [5.41, 5.74) is 1.69. The van der Waals surface area contributed by atoms with Gasteiger partial charge in [0.2, 0.25) is 5.91 Å². The Hall–Kier alpha value is -3.40. The lowest BCUT2D eigenvalue weighted by Crippen LogP contribution is -2.12. The lowest BCUT2D eigenvalue weighted by molar-refractivity contribution is -0.111. The number of ether oxygens (including phenoxy) is 1. The van der Waals surface area contributed by atoms with Gasteiger partial charge in [0.25, 0.3) is 0 Å². The topological polar surface area (TPSA) is 55.4 Å². The first-order valence-corrected chi connectivity index (χ1v) is 7.83. The molecule has 0 heterocycles. The summed E-state index contributed by atoms with van der Waals surface area (Å²) in [7, 11) is 1.31. The third-order valence-electron chi connectivity index (χ3n) is 3.83. The molecule has 0 unspecified atom stereocenters. The van der Waals surface area contributed by atoms with Crippen LogP contribution in [0.2, 0.25) is 0 Å². The largest absolute Gasteiger partial charge is 0.465 e. The fraction of sp³-hybridized carbons (Fsp3) is 0.0476. The van der Waals surface area contributed by atoms with Crippen molar-refractivity contribution in [1.82, 2.24) is 0 Å². The van der Waals surface area contributed by atoms with Crippen molar-refractivity contribution in [1.29, 1.82) is 0 Å². The molecule has 4 heteroatoms. The lowest BCUT2D eigenvalue weighted by Gasteiger charge is -2.08. The van der Waals surface area contributed by atoms with Gasteiger partial charge < -0.3 is 10.1 Å². The Morgan fingerprint density at radius 2 is 1.64 bits per heavy atom. The Bertz CT molecular complexity index is 955. The Balaban J connectivity index is 1.81. The van der Waals surface area contributed by atoms with Gasteiger partial charge in [-0.25, -0.2) is 4.79 Å². The van der Waals surface area contributed by atoms with Crippen molar-refractivity contribution in [3.05, 3.63) is 83.9 Å². The summed E-state index contributed by atoms with van der Waals surface area (Å²) in [5, 5.41) is 4.90. The number of nitrogens with one attached hydrogen (secondary N) is 1. The molecule has 1 N–H and O–H groups in total. The van der Waals surface area contributed by atoms with Gasteiger partial charge in [0.1, 0.15) is 0 Å². The molecule has 0 saturated carbocycles. The van der Waals surface area contributed by atoms with Gasteiger partial charge >= 0.3 is 5.97 Å². The number of amides is 1. The number of anilines is 1. The molecule has 0 aliphatic heterocycles. The molecule has 0 aliphatic carbocycles. The second kappa shape index (κ2) is 7.45. The molecule has 0 saturated heterocycles. The number of hydrogen-bond acceptors (Lipinski definition) is 3. The van der Waals surface area contributed by atoms with E-state index in [-0.39, 0.29) is 5.91 Å². The van der Waals surface area contributed by atoms with E-state index in [0.29, 0.717) is 11.3 Å². The van der Waals surface area contributed by atoms with E-state index in [2.05, 4.69) is 5.32 Å². The molecule has 0 atom stereocenters. The molecule has 0 aromatic heterocycles. The maximum absolute atomic E-state index is 12.2. The highest BCUT2D eigenvalue weighted by Crippen LogP contribution is 2.20. The Kier molecular flexibility index (Phi) is 4.90. The van der Waals surface area contributed by atoms with E-state index in [0.717, 1.165) is 16.3 Å². The van der Waals surface area contributed by atoms with Gasteiger partial charge in [-0.1, -0.05) is 54.6 Å². The van der Waals surface area contributed by atoms with Crippen molar-refractivity contribution in [3.8, 4) is 0 Å². The molecule has 124 valence electrons. The lowest BCUT2D eigenvalue weighted by atomic mass is 10.0. The van der Waals surface area contributed by atoms with Crippen molar-refractivity contribution in [2.45, 2.75) is 0 Å². The Labute approximate surface area is 145 Å². The molecule has 0 bridgehead atoms. The van der Waals surface area contributed by atoms with Crippen LogP contribution in [0.1, 0.15) is 15.9 Å². The quantitative estimate of drug-likeness (QED) is 0.573. The van der Waals surface area contributed by atoms with Gasteiger partial charge in [0.05, 0.1) is 18.4 Å². The molecular weight excluding hydrogens is 314 g/mol. The van der Waals surface area contributed by atoms with Crippen molar-refractivity contribution < 1.29 is 14.3 Å². The Morgan fingerprint density at radius 3 is 2.48 bits per heavy atom. The van der Waals surface area contributed by atoms with E-state index in [1.165, 1.54) is 13.2 Å². The maximum Gasteiger partial charge on any atom is 0.339 e. The van der Waals surface area contributed by atoms with Crippen LogP contribution >= 0.6 is 0 Å². The van der Waals surface area contributed by atoms with Crippen LogP contribution in [0, 0.1) is 0 Å². The molecule has 3 aromatic carbocycles. The van der Waals surface area contributed by atoms with Crippen LogP contribution in [0.25, 0.3) is 16.8 Å². The molecule has 3 aromatic rings. The summed E-state index contributed by atoms with van der Waals surface area (Å²) < 4.78 is 4.73. The predicted octanol–water partition coefficient (Wildman–Crippen LogP) is 4.28. The fourth-order valence-corrected chi connectivity index (χ4v) is 2.62. The van der Waals surface area contributed by atoms with Gasteiger partial charge in [-0.15, -0.1) is 0 Å². The summed E-state index contributed by atoms with van der Waals surface area (Å²) in [6.07, 6.45) is 3.22. The molecule has 0 spiro atoms. The zero-order valence-corrected chi connectivity index (χ0v) is 13.7. The van der Waals surface area contributed by atoms with Gasteiger partial charge in [-0.2, -0.15) is 0 Å². The van der Waals surface area contributed by atoms with Gasteiger partial charge in [0, 0.05) is 6.08 Å². The molecule has 0 aliphatic rings. The van der Waals surface area contributed by atoms with Gasteiger partial charge in [0.15, 0.2) is 0 Å². The second-order valence-corrected chi connectivity index (χ2v) is 5.43. The number of carbonyl (C=O) groups excluding carboxylic acids is 2. The van der Waals surface area contributed by atoms with Crippen LogP contribution in [0.3, 0.4) is 0 Å². The van der Waals surface area contributed by atoms with Crippen molar-refractivity contribution in [2.24, 2.45) is 0 Å². The van der Waals surface area contributed by atoms with Crippen molar-refractivity contribution in [3.63, 3.8) is 0 Å². The van der Waals surface area contributed by atoms with E-state index in [4.69, 9.17) is 4.74 Å². The van der Waals surface area contributed by atoms with Crippen molar-refractivity contribution >= 4 is 34.4 Å². The minimum Gasteiger partial charge on any atom is -0.465 e. The van der Waals surface area contributed by atoms with Crippen LogP contribution in [-0.4, -0.2) is 19.0 Å². The SMILES string of the molecule is COC(=O)c1ccccc1NC(=O)C=Cc1cccc2ccccc12. The fourth-order valence-electron chi connectivity index (χ4n) is 2.62. The van der Waals surface area contributed by atoms with E-state index in [9.17, 15) is 9.59 Å². The van der Waals surface area contributed by atoms with Crippen LogP contribution in [0.15, 0.2) is 72.8 Å². The Morgan fingerprint density at radius 1 is 0.920 bits per heavy atom. The molecule has 1 amide bonds. The normalized spacial score (nSPS) is 10.8. The van der Waals surface area contributed by atoms with Gasteiger partial charge in [-0.05, 0) is 34.5 Å². The number of fused-ring (bicyclic) bond motifs is 1. The van der Waals surface area contributed by atoms with E-state index < -0.39 is 5.97 Å². The molecular formula is C21H17NO3. The second-order valence-electron chi connectivity index (χ2n) is 5.43. The zero-order valence-electron chi connectivity index (χ0n) is 13.7. The van der Waals surface area contributed by atoms with E-state index in [1.54, 1.807) is 30.3 Å². The number of hydrogen-bond donors (Lipinski definition) is 1. The highest BCUT2D eigenvalue weighted by Gasteiger charge is 2.12. The third-order valence-corrected chi connectivity index (χ3v) is 3.83. The predicted molar refractivity (Wildman–Crippen MR) is 99.4 cm³/mol. The minimum atomic E-state index is -0.492. The summed E-state index contributed by atoms with van der Waals surface area (Å²) in [5.74, 6) is -0.807. The molecule has 0 fully saturated rings. The molecule has 4 nitrogen and oxygen atoms in total. The maximum atomic E-state index is 12.2. The van der Waals surface area contributed by atoms with Crippen LogP contribution in [0.5, 0.6) is 0 Å². The standard InChI is InChI=1S/C21H17NO3/c1-25-21(24)18-11-4-5-12-19(18)22-20(23)14-13-16-9-6-8-15-7-2-3-10-17(15)16/h2-14H,1H3,(H,22,23). The number of carbonyl (C=O) groups is 2. The average Bonchev–Trinajstić information content (AvgIpc) is 2.66. The molecule has 3 rings (SSSR count). The van der Waals surface area contributed by atoms with Crippen LogP contribution < -0.4 is 5.32 Å².